The Morgan fingerprint density at radius 2 is 2.17 bits per heavy atom. The minimum absolute atomic E-state index is 0.0854. The van der Waals surface area contributed by atoms with Crippen LogP contribution < -0.4 is 5.73 Å². The van der Waals surface area contributed by atoms with Crippen molar-refractivity contribution in [1.29, 1.82) is 0 Å². The molecule has 98 valence electrons. The Bertz CT molecular complexity index is 481. The summed E-state index contributed by atoms with van der Waals surface area (Å²) in [6.07, 6.45) is 0.871. The first-order chi connectivity index (χ1) is 8.52. The van der Waals surface area contributed by atoms with Crippen molar-refractivity contribution in [2.75, 3.05) is 19.6 Å². The summed E-state index contributed by atoms with van der Waals surface area (Å²) in [6, 6.07) is 2.34. The van der Waals surface area contributed by atoms with E-state index in [9.17, 15) is 9.18 Å². The lowest BCUT2D eigenvalue weighted by atomic mass is 10.1. The van der Waals surface area contributed by atoms with Gasteiger partial charge in [0.15, 0.2) is 0 Å². The van der Waals surface area contributed by atoms with Gasteiger partial charge in [0.1, 0.15) is 5.82 Å². The number of benzene rings is 1. The normalized spacial score (nSPS) is 19.3. The number of hydrogen-bond donors (Lipinski definition) is 1. The van der Waals surface area contributed by atoms with Crippen LogP contribution in [0.15, 0.2) is 12.1 Å². The van der Waals surface area contributed by atoms with Crippen LogP contribution in [0.4, 0.5) is 4.39 Å². The van der Waals surface area contributed by atoms with Crippen molar-refractivity contribution in [3.05, 3.63) is 33.6 Å². The highest BCUT2D eigenvalue weighted by Crippen LogP contribution is 2.27. The molecule has 1 atom stereocenters. The van der Waals surface area contributed by atoms with E-state index in [1.165, 1.54) is 6.07 Å². The molecule has 0 aliphatic carbocycles. The van der Waals surface area contributed by atoms with Crippen molar-refractivity contribution in [2.45, 2.75) is 6.42 Å². The summed E-state index contributed by atoms with van der Waals surface area (Å²) in [7, 11) is 0. The van der Waals surface area contributed by atoms with Gasteiger partial charge in [0.05, 0.1) is 15.6 Å². The van der Waals surface area contributed by atoms with E-state index in [-0.39, 0.29) is 21.5 Å². The minimum Gasteiger partial charge on any atom is -0.338 e. The maximum Gasteiger partial charge on any atom is 0.255 e. The number of nitrogens with zero attached hydrogens (tertiary/aromatic N) is 1. The Balaban J connectivity index is 2.22. The summed E-state index contributed by atoms with van der Waals surface area (Å²) in [5, 5.41) is 0.0837. The molecule has 6 heteroatoms. The molecule has 1 aromatic carbocycles. The van der Waals surface area contributed by atoms with E-state index in [2.05, 4.69) is 0 Å². The molecule has 3 nitrogen and oxygen atoms in total. The molecule has 2 rings (SSSR count). The van der Waals surface area contributed by atoms with Gasteiger partial charge in [-0.3, -0.25) is 4.79 Å². The number of likely N-dealkylation sites (tertiary alicyclic amines) is 1. The molecule has 0 aromatic heterocycles. The van der Waals surface area contributed by atoms with Crippen molar-refractivity contribution in [3.8, 4) is 0 Å². The first-order valence-corrected chi connectivity index (χ1v) is 6.42. The summed E-state index contributed by atoms with van der Waals surface area (Å²) in [6.45, 7) is 1.77. The van der Waals surface area contributed by atoms with Crippen molar-refractivity contribution in [1.82, 2.24) is 4.90 Å². The summed E-state index contributed by atoms with van der Waals surface area (Å²) >= 11 is 11.5. The summed E-state index contributed by atoms with van der Waals surface area (Å²) in [5.74, 6) is -0.602. The fourth-order valence-electron chi connectivity index (χ4n) is 2.07. The van der Waals surface area contributed by atoms with Crippen LogP contribution in [-0.4, -0.2) is 30.4 Å². The zero-order valence-electron chi connectivity index (χ0n) is 9.63. The highest BCUT2D eigenvalue weighted by Gasteiger charge is 2.27. The monoisotopic (exact) mass is 290 g/mol. The average Bonchev–Trinajstić information content (AvgIpc) is 2.81. The second-order valence-electron chi connectivity index (χ2n) is 4.39. The minimum atomic E-state index is -0.640. The van der Waals surface area contributed by atoms with Gasteiger partial charge in [-0.05, 0) is 31.0 Å². The maximum atomic E-state index is 13.4. The van der Waals surface area contributed by atoms with Gasteiger partial charge in [0.2, 0.25) is 0 Å². The Morgan fingerprint density at radius 1 is 1.44 bits per heavy atom. The molecule has 1 saturated heterocycles. The molecule has 1 aliphatic heterocycles. The molecule has 1 aromatic rings. The van der Waals surface area contributed by atoms with Crippen LogP contribution in [0.3, 0.4) is 0 Å². The zero-order chi connectivity index (χ0) is 13.3. The van der Waals surface area contributed by atoms with Gasteiger partial charge in [-0.2, -0.15) is 0 Å². The third-order valence-corrected chi connectivity index (χ3v) is 3.75. The fourth-order valence-corrected chi connectivity index (χ4v) is 2.53. The first-order valence-electron chi connectivity index (χ1n) is 5.66. The molecule has 1 fully saturated rings. The number of amides is 1. The van der Waals surface area contributed by atoms with E-state index in [1.807, 2.05) is 0 Å². The summed E-state index contributed by atoms with van der Waals surface area (Å²) in [4.78, 5) is 13.8. The standard InChI is InChI=1S/C12H13Cl2FN2O/c13-9-4-10(14)11(15)3-8(9)12(18)17-2-1-7(5-16)6-17/h3-4,7H,1-2,5-6,16H2. The molecule has 1 heterocycles. The molecule has 0 bridgehead atoms. The second kappa shape index (κ2) is 5.43. The second-order valence-corrected chi connectivity index (χ2v) is 5.20. The van der Waals surface area contributed by atoms with Crippen LogP contribution >= 0.6 is 23.2 Å². The number of carbonyl (C=O) groups is 1. The van der Waals surface area contributed by atoms with Gasteiger partial charge in [-0.15, -0.1) is 0 Å². The molecular weight excluding hydrogens is 278 g/mol. The quantitative estimate of drug-likeness (QED) is 0.851. The number of hydrogen-bond acceptors (Lipinski definition) is 2. The number of rotatable bonds is 2. The van der Waals surface area contributed by atoms with Crippen LogP contribution in [0.5, 0.6) is 0 Å². The van der Waals surface area contributed by atoms with Gasteiger partial charge in [0, 0.05) is 13.1 Å². The Morgan fingerprint density at radius 3 is 2.78 bits per heavy atom. The van der Waals surface area contributed by atoms with Gasteiger partial charge in [0.25, 0.3) is 5.91 Å². The van der Waals surface area contributed by atoms with Crippen LogP contribution in [0.25, 0.3) is 0 Å². The molecule has 1 unspecified atom stereocenters. The van der Waals surface area contributed by atoms with E-state index < -0.39 is 5.82 Å². The van der Waals surface area contributed by atoms with Crippen molar-refractivity contribution in [2.24, 2.45) is 11.7 Å². The lowest BCUT2D eigenvalue weighted by Crippen LogP contribution is -2.30. The van der Waals surface area contributed by atoms with E-state index in [4.69, 9.17) is 28.9 Å². The Kier molecular flexibility index (Phi) is 4.10. The number of carbonyl (C=O) groups excluding carboxylic acids is 1. The third-order valence-electron chi connectivity index (χ3n) is 3.15. The van der Waals surface area contributed by atoms with Crippen molar-refractivity contribution in [3.63, 3.8) is 0 Å². The first kappa shape index (κ1) is 13.6. The SMILES string of the molecule is NCC1CCN(C(=O)c2cc(F)c(Cl)cc2Cl)C1. The maximum absolute atomic E-state index is 13.4. The Labute approximate surface area is 115 Å². The number of halogens is 3. The van der Waals surface area contributed by atoms with Crippen LogP contribution in [0, 0.1) is 11.7 Å². The van der Waals surface area contributed by atoms with Gasteiger partial charge < -0.3 is 10.6 Å². The van der Waals surface area contributed by atoms with Crippen LogP contribution in [0.1, 0.15) is 16.8 Å². The molecular formula is C12H13Cl2FN2O. The topological polar surface area (TPSA) is 46.3 Å². The highest BCUT2D eigenvalue weighted by molar-refractivity contribution is 6.36. The summed E-state index contributed by atoms with van der Waals surface area (Å²) in [5.41, 5.74) is 5.72. The predicted molar refractivity (Wildman–Crippen MR) is 69.5 cm³/mol. The molecule has 18 heavy (non-hydrogen) atoms. The van der Waals surface area contributed by atoms with Crippen LogP contribution in [0.2, 0.25) is 10.0 Å². The average molecular weight is 291 g/mol. The van der Waals surface area contributed by atoms with Crippen molar-refractivity contribution >= 4 is 29.1 Å². The molecule has 0 radical (unpaired) electrons. The molecule has 2 N–H and O–H groups in total. The lowest BCUT2D eigenvalue weighted by Gasteiger charge is -2.17. The smallest absolute Gasteiger partial charge is 0.255 e. The molecule has 0 saturated carbocycles. The number of nitrogens with two attached hydrogens (primary N) is 1. The fraction of sp³-hybridized carbons (Fsp3) is 0.417. The summed E-state index contributed by atoms with van der Waals surface area (Å²) < 4.78 is 13.4. The van der Waals surface area contributed by atoms with Crippen LogP contribution in [-0.2, 0) is 0 Å². The van der Waals surface area contributed by atoms with Gasteiger partial charge >= 0.3 is 0 Å². The third kappa shape index (κ3) is 2.60. The zero-order valence-corrected chi connectivity index (χ0v) is 11.1. The largest absolute Gasteiger partial charge is 0.338 e. The van der Waals surface area contributed by atoms with E-state index >= 15 is 0 Å². The highest BCUT2D eigenvalue weighted by atomic mass is 35.5. The Hall–Kier alpha value is -0.840. The predicted octanol–water partition coefficient (Wildman–Crippen LogP) is 2.55. The van der Waals surface area contributed by atoms with Gasteiger partial charge in [-0.1, -0.05) is 23.2 Å². The van der Waals surface area contributed by atoms with E-state index in [0.717, 1.165) is 12.5 Å². The molecule has 0 spiro atoms. The molecule has 1 aliphatic rings. The van der Waals surface area contributed by atoms with E-state index in [1.54, 1.807) is 4.90 Å². The van der Waals surface area contributed by atoms with Gasteiger partial charge in [-0.25, -0.2) is 4.39 Å². The van der Waals surface area contributed by atoms with E-state index in [0.29, 0.717) is 25.6 Å². The molecule has 1 amide bonds. The van der Waals surface area contributed by atoms with Crippen molar-refractivity contribution < 1.29 is 9.18 Å². The lowest BCUT2D eigenvalue weighted by molar-refractivity contribution is 0.0787.